The van der Waals surface area contributed by atoms with E-state index in [1.807, 2.05) is 45.0 Å². The van der Waals surface area contributed by atoms with Crippen LogP contribution in [0.15, 0.2) is 53.4 Å². The van der Waals surface area contributed by atoms with Gasteiger partial charge in [0.25, 0.3) is 0 Å². The Balaban J connectivity index is 1.98. The van der Waals surface area contributed by atoms with Crippen molar-refractivity contribution in [2.45, 2.75) is 44.6 Å². The number of halogens is 1. The van der Waals surface area contributed by atoms with E-state index < -0.39 is 10.0 Å². The third-order valence-electron chi connectivity index (χ3n) is 4.68. The van der Waals surface area contributed by atoms with Crippen molar-refractivity contribution in [3.8, 4) is 0 Å². The first-order valence-corrected chi connectivity index (χ1v) is 11.2. The highest BCUT2D eigenvalue weighted by Gasteiger charge is 2.21. The Morgan fingerprint density at radius 3 is 2.25 bits per heavy atom. The number of carbonyl (C=O) groups is 1. The summed E-state index contributed by atoms with van der Waals surface area (Å²) in [4.78, 5) is 12.5. The van der Waals surface area contributed by atoms with Gasteiger partial charge < -0.3 is 5.32 Å². The van der Waals surface area contributed by atoms with Crippen molar-refractivity contribution in [3.63, 3.8) is 0 Å². The van der Waals surface area contributed by atoms with E-state index >= 15 is 0 Å². The first-order valence-electron chi connectivity index (χ1n) is 9.42. The van der Waals surface area contributed by atoms with Crippen LogP contribution in [0.3, 0.4) is 0 Å². The lowest BCUT2D eigenvalue weighted by molar-refractivity contribution is -0.121. The van der Waals surface area contributed by atoms with Crippen LogP contribution < -0.4 is 5.32 Å². The molecule has 5 nitrogen and oxygen atoms in total. The molecule has 0 bridgehead atoms. The summed E-state index contributed by atoms with van der Waals surface area (Å²) in [7, 11) is -3.48. The van der Waals surface area contributed by atoms with E-state index in [1.54, 1.807) is 24.3 Å². The number of hydrogen-bond acceptors (Lipinski definition) is 3. The Kier molecular flexibility index (Phi) is 8.04. The maximum Gasteiger partial charge on any atom is 0.243 e. The van der Waals surface area contributed by atoms with Crippen LogP contribution in [0.1, 0.15) is 44.4 Å². The zero-order chi connectivity index (χ0) is 20.7. The van der Waals surface area contributed by atoms with E-state index in [0.29, 0.717) is 31.0 Å². The number of amides is 1. The van der Waals surface area contributed by atoms with Gasteiger partial charge in [-0.05, 0) is 42.7 Å². The lowest BCUT2D eigenvalue weighted by atomic mass is 10.1. The number of rotatable bonds is 9. The zero-order valence-corrected chi connectivity index (χ0v) is 18.1. The number of sulfonamides is 1. The van der Waals surface area contributed by atoms with Gasteiger partial charge in [-0.25, -0.2) is 8.42 Å². The SMILES string of the molecule is CCN(CC)S(=O)(=O)c1ccc(C(C)NC(=O)CCc2ccccc2Cl)cc1. The predicted molar refractivity (Wildman–Crippen MR) is 113 cm³/mol. The van der Waals surface area contributed by atoms with Crippen molar-refractivity contribution in [1.29, 1.82) is 0 Å². The molecular weight excluding hydrogens is 396 g/mol. The van der Waals surface area contributed by atoms with Crippen LogP contribution in [-0.4, -0.2) is 31.7 Å². The average molecular weight is 423 g/mol. The van der Waals surface area contributed by atoms with E-state index in [1.165, 1.54) is 4.31 Å². The van der Waals surface area contributed by atoms with E-state index in [0.717, 1.165) is 11.1 Å². The minimum atomic E-state index is -3.48. The van der Waals surface area contributed by atoms with Crippen molar-refractivity contribution in [2.75, 3.05) is 13.1 Å². The summed E-state index contributed by atoms with van der Waals surface area (Å²) >= 11 is 6.12. The summed E-state index contributed by atoms with van der Waals surface area (Å²) in [5.74, 6) is -0.0766. The Bertz CT molecular complexity index is 894. The molecule has 0 saturated heterocycles. The van der Waals surface area contributed by atoms with Gasteiger partial charge in [0.05, 0.1) is 10.9 Å². The van der Waals surface area contributed by atoms with Crippen LogP contribution in [0.25, 0.3) is 0 Å². The van der Waals surface area contributed by atoms with Crippen molar-refractivity contribution in [3.05, 3.63) is 64.7 Å². The quantitative estimate of drug-likeness (QED) is 0.659. The number of nitrogens with one attached hydrogen (secondary N) is 1. The lowest BCUT2D eigenvalue weighted by Gasteiger charge is -2.19. The molecule has 2 aromatic carbocycles. The second-order valence-corrected chi connectivity index (χ2v) is 8.88. The zero-order valence-electron chi connectivity index (χ0n) is 16.5. The second-order valence-electron chi connectivity index (χ2n) is 6.54. The fourth-order valence-electron chi connectivity index (χ4n) is 2.99. The van der Waals surface area contributed by atoms with Crippen LogP contribution >= 0.6 is 11.6 Å². The van der Waals surface area contributed by atoms with Crippen LogP contribution in [0, 0.1) is 0 Å². The normalized spacial score (nSPS) is 12.8. The summed E-state index contributed by atoms with van der Waals surface area (Å²) in [6, 6.07) is 13.9. The lowest BCUT2D eigenvalue weighted by Crippen LogP contribution is -2.30. The molecule has 0 aliphatic heterocycles. The molecule has 1 amide bonds. The van der Waals surface area contributed by atoms with Gasteiger partial charge >= 0.3 is 0 Å². The first-order chi connectivity index (χ1) is 13.3. The van der Waals surface area contributed by atoms with Crippen LogP contribution in [0.4, 0.5) is 0 Å². The molecule has 0 saturated carbocycles. The summed E-state index contributed by atoms with van der Waals surface area (Å²) < 4.78 is 26.5. The van der Waals surface area contributed by atoms with Crippen LogP contribution in [-0.2, 0) is 21.2 Å². The Morgan fingerprint density at radius 2 is 1.68 bits per heavy atom. The fourth-order valence-corrected chi connectivity index (χ4v) is 4.68. The monoisotopic (exact) mass is 422 g/mol. The Labute approximate surface area is 172 Å². The molecular formula is C21H27ClN2O3S. The van der Waals surface area contributed by atoms with Gasteiger partial charge in [0, 0.05) is 24.5 Å². The molecule has 0 aliphatic carbocycles. The molecule has 0 fully saturated rings. The fraction of sp³-hybridized carbons (Fsp3) is 0.381. The van der Waals surface area contributed by atoms with Gasteiger partial charge in [0.1, 0.15) is 0 Å². The van der Waals surface area contributed by atoms with Gasteiger partial charge in [-0.3, -0.25) is 4.79 Å². The molecule has 0 heterocycles. The maximum absolute atomic E-state index is 12.5. The molecule has 0 aromatic heterocycles. The number of nitrogens with zero attached hydrogens (tertiary/aromatic N) is 1. The van der Waals surface area contributed by atoms with Gasteiger partial charge in [0.2, 0.25) is 15.9 Å². The minimum absolute atomic E-state index is 0.0766. The van der Waals surface area contributed by atoms with Gasteiger partial charge in [0.15, 0.2) is 0 Å². The molecule has 7 heteroatoms. The molecule has 1 atom stereocenters. The number of carbonyl (C=O) groups excluding carboxylic acids is 1. The first kappa shape index (κ1) is 22.4. The molecule has 2 aromatic rings. The standard InChI is InChI=1S/C21H27ClN2O3S/c1-4-24(5-2)28(26,27)19-13-10-17(11-14-19)16(3)23-21(25)15-12-18-8-6-7-9-20(18)22/h6-11,13-14,16H,4-5,12,15H2,1-3H3,(H,23,25). The Hall–Kier alpha value is -1.89. The van der Waals surface area contributed by atoms with E-state index in [9.17, 15) is 13.2 Å². The number of hydrogen-bond donors (Lipinski definition) is 1. The summed E-state index contributed by atoms with van der Waals surface area (Å²) in [6.45, 7) is 6.36. The Morgan fingerprint density at radius 1 is 1.07 bits per heavy atom. The van der Waals surface area contributed by atoms with Crippen LogP contribution in [0.5, 0.6) is 0 Å². The molecule has 0 spiro atoms. The average Bonchev–Trinajstić information content (AvgIpc) is 2.68. The second kappa shape index (κ2) is 10.0. The predicted octanol–water partition coefficient (Wildman–Crippen LogP) is 4.18. The molecule has 0 aliphatic rings. The molecule has 152 valence electrons. The molecule has 1 unspecified atom stereocenters. The van der Waals surface area contributed by atoms with E-state index in [2.05, 4.69) is 5.32 Å². The van der Waals surface area contributed by atoms with Crippen molar-refractivity contribution in [1.82, 2.24) is 9.62 Å². The minimum Gasteiger partial charge on any atom is -0.350 e. The molecule has 2 rings (SSSR count). The highest BCUT2D eigenvalue weighted by atomic mass is 35.5. The summed E-state index contributed by atoms with van der Waals surface area (Å²) in [5.41, 5.74) is 1.79. The molecule has 0 radical (unpaired) electrons. The molecule has 28 heavy (non-hydrogen) atoms. The number of aryl methyl sites for hydroxylation is 1. The summed E-state index contributed by atoms with van der Waals surface area (Å²) in [6.07, 6.45) is 0.905. The van der Waals surface area contributed by atoms with Crippen LogP contribution in [0.2, 0.25) is 5.02 Å². The van der Waals surface area contributed by atoms with Crippen molar-refractivity contribution >= 4 is 27.5 Å². The van der Waals surface area contributed by atoms with E-state index in [-0.39, 0.29) is 16.8 Å². The third-order valence-corrected chi connectivity index (χ3v) is 7.11. The topological polar surface area (TPSA) is 66.5 Å². The van der Waals surface area contributed by atoms with Gasteiger partial charge in [-0.2, -0.15) is 4.31 Å². The van der Waals surface area contributed by atoms with E-state index in [4.69, 9.17) is 11.6 Å². The molecule has 1 N–H and O–H groups in total. The highest BCUT2D eigenvalue weighted by Crippen LogP contribution is 2.20. The van der Waals surface area contributed by atoms with Gasteiger partial charge in [-0.1, -0.05) is 55.8 Å². The highest BCUT2D eigenvalue weighted by molar-refractivity contribution is 7.89. The third kappa shape index (κ3) is 5.56. The summed E-state index contributed by atoms with van der Waals surface area (Å²) in [5, 5.41) is 3.61. The maximum atomic E-state index is 12.5. The largest absolute Gasteiger partial charge is 0.350 e. The van der Waals surface area contributed by atoms with Gasteiger partial charge in [-0.15, -0.1) is 0 Å². The number of benzene rings is 2. The van der Waals surface area contributed by atoms with Crippen molar-refractivity contribution < 1.29 is 13.2 Å². The smallest absolute Gasteiger partial charge is 0.243 e. The van der Waals surface area contributed by atoms with Crippen molar-refractivity contribution in [2.24, 2.45) is 0 Å².